The monoisotopic (exact) mass is 416 g/mol. The quantitative estimate of drug-likeness (QED) is 0.643. The fourth-order valence-corrected chi connectivity index (χ4v) is 3.05. The van der Waals surface area contributed by atoms with E-state index in [4.69, 9.17) is 9.47 Å². The third-order valence-electron chi connectivity index (χ3n) is 4.50. The number of para-hydroxylation sites is 2. The molecule has 0 aliphatic heterocycles. The smallest absolute Gasteiger partial charge is 0.261 e. The number of nitrogens with one attached hydrogen (secondary N) is 1. The zero-order valence-corrected chi connectivity index (χ0v) is 17.9. The summed E-state index contributed by atoms with van der Waals surface area (Å²) in [6.07, 6.45) is 0.431. The van der Waals surface area contributed by atoms with Crippen molar-refractivity contribution >= 4 is 11.8 Å². The Bertz CT molecular complexity index is 839. The maximum atomic E-state index is 13.3. The molecule has 6 nitrogen and oxygen atoms in total. The van der Waals surface area contributed by atoms with Crippen molar-refractivity contribution in [1.29, 1.82) is 0 Å². The highest BCUT2D eigenvalue weighted by Gasteiger charge is 2.29. The van der Waals surface area contributed by atoms with Gasteiger partial charge >= 0.3 is 0 Å². The predicted molar refractivity (Wildman–Crippen MR) is 113 cm³/mol. The Balaban J connectivity index is 2.22. The van der Waals surface area contributed by atoms with Crippen LogP contribution in [-0.4, -0.2) is 42.5 Å². The van der Waals surface area contributed by atoms with Crippen molar-refractivity contribution < 1.29 is 23.5 Å². The van der Waals surface area contributed by atoms with Crippen molar-refractivity contribution in [2.75, 3.05) is 13.7 Å². The second kappa shape index (κ2) is 11.2. The fourth-order valence-electron chi connectivity index (χ4n) is 3.05. The lowest BCUT2D eigenvalue weighted by atomic mass is 10.1. The number of rotatable bonds is 10. The SMILES string of the molecule is CC[C@H](C(=O)NC(C)C)N(Cc1ccc(F)cc1)C(=O)COc1ccccc1OC. The largest absolute Gasteiger partial charge is 0.493 e. The summed E-state index contributed by atoms with van der Waals surface area (Å²) in [6.45, 7) is 5.48. The molecule has 0 aliphatic rings. The molecular formula is C23H29FN2O4. The number of carbonyl (C=O) groups is 2. The minimum absolute atomic E-state index is 0.0563. The van der Waals surface area contributed by atoms with Gasteiger partial charge in [0.05, 0.1) is 7.11 Å². The molecule has 162 valence electrons. The Kier molecular flexibility index (Phi) is 8.65. The van der Waals surface area contributed by atoms with Gasteiger partial charge in [-0.2, -0.15) is 0 Å². The van der Waals surface area contributed by atoms with Crippen LogP contribution in [0.4, 0.5) is 4.39 Å². The molecule has 0 bridgehead atoms. The zero-order valence-electron chi connectivity index (χ0n) is 17.9. The van der Waals surface area contributed by atoms with Gasteiger partial charge < -0.3 is 19.7 Å². The molecule has 1 N–H and O–H groups in total. The van der Waals surface area contributed by atoms with Crippen LogP contribution < -0.4 is 14.8 Å². The number of benzene rings is 2. The molecule has 2 rings (SSSR count). The van der Waals surface area contributed by atoms with E-state index >= 15 is 0 Å². The Hall–Kier alpha value is -3.09. The highest BCUT2D eigenvalue weighted by atomic mass is 19.1. The number of halogens is 1. The molecule has 0 heterocycles. The number of methoxy groups -OCH3 is 1. The lowest BCUT2D eigenvalue weighted by Gasteiger charge is -2.31. The molecule has 0 saturated carbocycles. The summed E-state index contributed by atoms with van der Waals surface area (Å²) >= 11 is 0. The summed E-state index contributed by atoms with van der Waals surface area (Å²) in [4.78, 5) is 27.3. The van der Waals surface area contributed by atoms with Crippen molar-refractivity contribution in [2.45, 2.75) is 45.8 Å². The molecule has 0 radical (unpaired) electrons. The van der Waals surface area contributed by atoms with E-state index in [1.807, 2.05) is 20.8 Å². The molecule has 0 spiro atoms. The van der Waals surface area contributed by atoms with Crippen molar-refractivity contribution in [1.82, 2.24) is 10.2 Å². The Labute approximate surface area is 177 Å². The first kappa shape index (κ1) is 23.2. The van der Waals surface area contributed by atoms with Crippen LogP contribution in [0, 0.1) is 5.82 Å². The van der Waals surface area contributed by atoms with Gasteiger partial charge in [0.2, 0.25) is 5.91 Å². The first-order chi connectivity index (χ1) is 14.3. The van der Waals surface area contributed by atoms with Crippen LogP contribution in [0.15, 0.2) is 48.5 Å². The minimum Gasteiger partial charge on any atom is -0.493 e. The summed E-state index contributed by atoms with van der Waals surface area (Å²) in [6, 6.07) is 12.2. The van der Waals surface area contributed by atoms with Crippen LogP contribution in [0.25, 0.3) is 0 Å². The number of hydrogen-bond acceptors (Lipinski definition) is 4. The van der Waals surface area contributed by atoms with Crippen LogP contribution in [0.1, 0.15) is 32.8 Å². The Morgan fingerprint density at radius 1 is 1.07 bits per heavy atom. The second-order valence-electron chi connectivity index (χ2n) is 7.17. The summed E-state index contributed by atoms with van der Waals surface area (Å²) in [5.74, 6) is 0.00621. The van der Waals surface area contributed by atoms with Gasteiger partial charge in [0.15, 0.2) is 18.1 Å². The number of ether oxygens (including phenoxy) is 2. The molecule has 0 saturated heterocycles. The molecule has 0 aromatic heterocycles. The third-order valence-corrected chi connectivity index (χ3v) is 4.50. The van der Waals surface area contributed by atoms with Crippen molar-refractivity contribution in [2.24, 2.45) is 0 Å². The van der Waals surface area contributed by atoms with E-state index in [9.17, 15) is 14.0 Å². The van der Waals surface area contributed by atoms with Gasteiger partial charge in [-0.3, -0.25) is 9.59 Å². The van der Waals surface area contributed by atoms with E-state index in [-0.39, 0.29) is 36.8 Å². The van der Waals surface area contributed by atoms with Crippen molar-refractivity contribution in [3.8, 4) is 11.5 Å². The maximum Gasteiger partial charge on any atom is 0.261 e. The highest BCUT2D eigenvalue weighted by Crippen LogP contribution is 2.26. The summed E-state index contributed by atoms with van der Waals surface area (Å²) in [5.41, 5.74) is 0.720. The molecule has 2 aromatic carbocycles. The third kappa shape index (κ3) is 6.47. The van der Waals surface area contributed by atoms with E-state index in [1.54, 1.807) is 36.4 Å². The minimum atomic E-state index is -0.675. The number of carbonyl (C=O) groups excluding carboxylic acids is 2. The van der Waals surface area contributed by atoms with Crippen LogP contribution >= 0.6 is 0 Å². The molecule has 0 aliphatic carbocycles. The first-order valence-electron chi connectivity index (χ1n) is 9.95. The fraction of sp³-hybridized carbons (Fsp3) is 0.391. The van der Waals surface area contributed by atoms with E-state index < -0.39 is 6.04 Å². The van der Waals surface area contributed by atoms with Crippen LogP contribution in [0.5, 0.6) is 11.5 Å². The molecule has 30 heavy (non-hydrogen) atoms. The van der Waals surface area contributed by atoms with Crippen LogP contribution in [0.2, 0.25) is 0 Å². The standard InChI is InChI=1S/C23H29FN2O4/c1-5-19(23(28)25-16(2)3)26(14-17-10-12-18(24)13-11-17)22(27)15-30-21-9-7-6-8-20(21)29-4/h6-13,16,19H,5,14-15H2,1-4H3,(H,25,28)/t19-/m1/s1. The number of hydrogen-bond donors (Lipinski definition) is 1. The van der Waals surface area contributed by atoms with Gasteiger partial charge in [-0.05, 0) is 50.1 Å². The van der Waals surface area contributed by atoms with E-state index in [1.165, 1.54) is 24.1 Å². The van der Waals surface area contributed by atoms with E-state index in [0.717, 1.165) is 5.56 Å². The Morgan fingerprint density at radius 2 is 1.70 bits per heavy atom. The van der Waals surface area contributed by atoms with Gasteiger partial charge in [0.1, 0.15) is 11.9 Å². The average molecular weight is 416 g/mol. The molecule has 1 atom stereocenters. The lowest BCUT2D eigenvalue weighted by Crippen LogP contribution is -2.51. The predicted octanol–water partition coefficient (Wildman–Crippen LogP) is 3.55. The van der Waals surface area contributed by atoms with Gasteiger partial charge in [-0.25, -0.2) is 4.39 Å². The van der Waals surface area contributed by atoms with Gasteiger partial charge in [0, 0.05) is 12.6 Å². The summed E-state index contributed by atoms with van der Waals surface area (Å²) in [7, 11) is 1.52. The van der Waals surface area contributed by atoms with Gasteiger partial charge in [-0.15, -0.1) is 0 Å². The maximum absolute atomic E-state index is 13.3. The second-order valence-corrected chi connectivity index (χ2v) is 7.17. The summed E-state index contributed by atoms with van der Waals surface area (Å²) in [5, 5.41) is 2.86. The van der Waals surface area contributed by atoms with Crippen molar-refractivity contribution in [3.05, 3.63) is 59.9 Å². The molecular weight excluding hydrogens is 387 g/mol. The highest BCUT2D eigenvalue weighted by molar-refractivity contribution is 5.88. The molecule has 7 heteroatoms. The lowest BCUT2D eigenvalue weighted by molar-refractivity contribution is -0.143. The zero-order chi connectivity index (χ0) is 22.1. The average Bonchev–Trinajstić information content (AvgIpc) is 2.73. The molecule has 2 amide bonds. The van der Waals surface area contributed by atoms with Crippen LogP contribution in [-0.2, 0) is 16.1 Å². The summed E-state index contributed by atoms with van der Waals surface area (Å²) < 4.78 is 24.2. The number of nitrogens with zero attached hydrogens (tertiary/aromatic N) is 1. The molecule has 2 aromatic rings. The molecule has 0 unspecified atom stereocenters. The molecule has 0 fully saturated rings. The topological polar surface area (TPSA) is 67.9 Å². The van der Waals surface area contributed by atoms with Gasteiger partial charge in [-0.1, -0.05) is 31.2 Å². The Morgan fingerprint density at radius 3 is 2.27 bits per heavy atom. The van der Waals surface area contributed by atoms with Crippen molar-refractivity contribution in [3.63, 3.8) is 0 Å². The first-order valence-corrected chi connectivity index (χ1v) is 9.95. The normalized spacial score (nSPS) is 11.7. The van der Waals surface area contributed by atoms with Crippen LogP contribution in [0.3, 0.4) is 0 Å². The number of amides is 2. The van der Waals surface area contributed by atoms with Gasteiger partial charge in [0.25, 0.3) is 5.91 Å². The van der Waals surface area contributed by atoms with E-state index in [2.05, 4.69) is 5.32 Å². The van der Waals surface area contributed by atoms with E-state index in [0.29, 0.717) is 17.9 Å².